The molecule has 0 aliphatic carbocycles. The molecule has 128 valence electrons. The van der Waals surface area contributed by atoms with Crippen molar-refractivity contribution in [2.75, 3.05) is 4.72 Å². The predicted molar refractivity (Wildman–Crippen MR) is 99.2 cm³/mol. The van der Waals surface area contributed by atoms with Crippen LogP contribution in [0.4, 0.5) is 10.8 Å². The Bertz CT molecular complexity index is 1040. The molecular formula is C15H10BrN3O4S2. The third-order valence-electron chi connectivity index (χ3n) is 3.19. The quantitative estimate of drug-likeness (QED) is 0.471. The van der Waals surface area contributed by atoms with E-state index in [1.165, 1.54) is 18.2 Å². The summed E-state index contributed by atoms with van der Waals surface area (Å²) >= 11 is 4.50. The van der Waals surface area contributed by atoms with E-state index in [1.54, 1.807) is 0 Å². The number of nitro benzene ring substituents is 1. The molecule has 0 atom stereocenters. The van der Waals surface area contributed by atoms with Crippen LogP contribution in [0, 0.1) is 10.1 Å². The van der Waals surface area contributed by atoms with Gasteiger partial charge in [0.15, 0.2) is 5.13 Å². The van der Waals surface area contributed by atoms with Crippen molar-refractivity contribution in [2.45, 2.75) is 4.90 Å². The maximum absolute atomic E-state index is 12.5. The molecule has 0 fully saturated rings. The van der Waals surface area contributed by atoms with Gasteiger partial charge in [0, 0.05) is 17.7 Å². The molecule has 0 saturated carbocycles. The second-order valence-corrected chi connectivity index (χ2v) is 8.87. The van der Waals surface area contributed by atoms with Gasteiger partial charge in [-0.15, -0.1) is 0 Å². The van der Waals surface area contributed by atoms with Crippen molar-refractivity contribution in [3.63, 3.8) is 0 Å². The maximum Gasteiger partial charge on any atom is 0.270 e. The zero-order valence-electron chi connectivity index (χ0n) is 12.4. The molecule has 0 spiro atoms. The summed E-state index contributed by atoms with van der Waals surface area (Å²) in [6.45, 7) is 0. The lowest BCUT2D eigenvalue weighted by Crippen LogP contribution is -2.13. The van der Waals surface area contributed by atoms with Crippen LogP contribution in [0.1, 0.15) is 0 Å². The first kappa shape index (κ1) is 17.5. The van der Waals surface area contributed by atoms with Gasteiger partial charge in [-0.25, -0.2) is 13.4 Å². The molecule has 0 unspecified atom stereocenters. The Balaban J connectivity index is 1.92. The fourth-order valence-electron chi connectivity index (χ4n) is 2.06. The Morgan fingerprint density at radius 3 is 2.52 bits per heavy atom. The summed E-state index contributed by atoms with van der Waals surface area (Å²) in [7, 11) is -3.98. The molecule has 0 aliphatic rings. The van der Waals surface area contributed by atoms with Crippen LogP contribution in [0.25, 0.3) is 11.3 Å². The number of nitrogens with one attached hydrogen (secondary N) is 1. The van der Waals surface area contributed by atoms with Crippen molar-refractivity contribution in [3.05, 3.63) is 68.5 Å². The SMILES string of the molecule is O=[N+]([O-])c1cccc(S(=O)(=O)Nc2nc(-c3ccccc3)c(Br)s2)c1. The maximum atomic E-state index is 12.5. The molecule has 0 amide bonds. The first-order chi connectivity index (χ1) is 11.9. The monoisotopic (exact) mass is 439 g/mol. The number of benzene rings is 2. The van der Waals surface area contributed by atoms with Crippen molar-refractivity contribution < 1.29 is 13.3 Å². The number of nitrogens with zero attached hydrogens (tertiary/aromatic N) is 2. The summed E-state index contributed by atoms with van der Waals surface area (Å²) in [5.41, 5.74) is 1.15. The van der Waals surface area contributed by atoms with Crippen molar-refractivity contribution in [2.24, 2.45) is 0 Å². The number of sulfonamides is 1. The van der Waals surface area contributed by atoms with E-state index in [1.807, 2.05) is 30.3 Å². The number of hydrogen-bond acceptors (Lipinski definition) is 6. The first-order valence-electron chi connectivity index (χ1n) is 6.86. The van der Waals surface area contributed by atoms with Gasteiger partial charge in [-0.1, -0.05) is 47.7 Å². The van der Waals surface area contributed by atoms with E-state index in [2.05, 4.69) is 25.6 Å². The van der Waals surface area contributed by atoms with Crippen LogP contribution in [-0.4, -0.2) is 18.3 Å². The van der Waals surface area contributed by atoms with Gasteiger partial charge >= 0.3 is 0 Å². The Kier molecular flexibility index (Phi) is 4.84. The topological polar surface area (TPSA) is 102 Å². The number of anilines is 1. The van der Waals surface area contributed by atoms with Crippen molar-refractivity contribution >= 4 is 48.1 Å². The highest BCUT2D eigenvalue weighted by atomic mass is 79.9. The second-order valence-electron chi connectivity index (χ2n) is 4.87. The van der Waals surface area contributed by atoms with E-state index < -0.39 is 14.9 Å². The zero-order chi connectivity index (χ0) is 18.0. The molecule has 25 heavy (non-hydrogen) atoms. The van der Waals surface area contributed by atoms with E-state index >= 15 is 0 Å². The van der Waals surface area contributed by atoms with E-state index in [-0.39, 0.29) is 15.7 Å². The van der Waals surface area contributed by atoms with Crippen molar-refractivity contribution in [1.29, 1.82) is 0 Å². The zero-order valence-corrected chi connectivity index (χ0v) is 15.6. The van der Waals surface area contributed by atoms with Gasteiger partial charge < -0.3 is 0 Å². The van der Waals surface area contributed by atoms with Crippen LogP contribution in [0.3, 0.4) is 0 Å². The van der Waals surface area contributed by atoms with Crippen LogP contribution in [0.2, 0.25) is 0 Å². The smallest absolute Gasteiger partial charge is 0.258 e. The van der Waals surface area contributed by atoms with Gasteiger partial charge in [0.2, 0.25) is 0 Å². The van der Waals surface area contributed by atoms with Crippen molar-refractivity contribution in [3.8, 4) is 11.3 Å². The average Bonchev–Trinajstić information content (AvgIpc) is 2.95. The van der Waals surface area contributed by atoms with Crippen LogP contribution in [-0.2, 0) is 10.0 Å². The van der Waals surface area contributed by atoms with Gasteiger partial charge in [0.05, 0.1) is 19.3 Å². The molecule has 3 aromatic rings. The number of rotatable bonds is 5. The number of nitro groups is 1. The van der Waals surface area contributed by atoms with Crippen molar-refractivity contribution in [1.82, 2.24) is 4.98 Å². The van der Waals surface area contributed by atoms with E-state index in [0.29, 0.717) is 9.48 Å². The number of hydrogen-bond donors (Lipinski definition) is 1. The fraction of sp³-hybridized carbons (Fsp3) is 0. The summed E-state index contributed by atoms with van der Waals surface area (Å²) in [6.07, 6.45) is 0. The third-order valence-corrected chi connectivity index (χ3v) is 6.28. The number of thiazole rings is 1. The molecule has 0 saturated heterocycles. The normalized spacial score (nSPS) is 11.2. The molecule has 2 aromatic carbocycles. The summed E-state index contributed by atoms with van der Waals surface area (Å²) in [5, 5.41) is 11.0. The van der Waals surface area contributed by atoms with Gasteiger partial charge in [0.1, 0.15) is 0 Å². The minimum Gasteiger partial charge on any atom is -0.258 e. The van der Waals surface area contributed by atoms with Crippen LogP contribution in [0.5, 0.6) is 0 Å². The van der Waals surface area contributed by atoms with Gasteiger partial charge in [-0.3, -0.25) is 14.8 Å². The first-order valence-corrected chi connectivity index (χ1v) is 9.95. The minimum absolute atomic E-state index is 0.164. The highest BCUT2D eigenvalue weighted by Gasteiger charge is 2.20. The largest absolute Gasteiger partial charge is 0.270 e. The molecule has 0 aliphatic heterocycles. The van der Waals surface area contributed by atoms with E-state index in [9.17, 15) is 18.5 Å². The molecule has 7 nitrogen and oxygen atoms in total. The Hall–Kier alpha value is -2.30. The summed E-state index contributed by atoms with van der Waals surface area (Å²) in [4.78, 5) is 14.3. The van der Waals surface area contributed by atoms with E-state index in [0.717, 1.165) is 23.0 Å². The molecule has 0 bridgehead atoms. The lowest BCUT2D eigenvalue weighted by Gasteiger charge is -2.04. The van der Waals surface area contributed by atoms with Crippen LogP contribution in [0.15, 0.2) is 63.3 Å². The number of halogens is 1. The highest BCUT2D eigenvalue weighted by molar-refractivity contribution is 9.11. The minimum atomic E-state index is -3.98. The molecule has 1 N–H and O–H groups in total. The Morgan fingerprint density at radius 1 is 1.12 bits per heavy atom. The highest BCUT2D eigenvalue weighted by Crippen LogP contribution is 2.36. The number of aromatic nitrogens is 1. The predicted octanol–water partition coefficient (Wildman–Crippen LogP) is 4.28. The third kappa shape index (κ3) is 3.86. The molecule has 10 heteroatoms. The lowest BCUT2D eigenvalue weighted by molar-refractivity contribution is -0.385. The Morgan fingerprint density at radius 2 is 1.84 bits per heavy atom. The molecule has 1 aromatic heterocycles. The lowest BCUT2D eigenvalue weighted by atomic mass is 10.2. The fourth-order valence-corrected chi connectivity index (χ4v) is 4.82. The average molecular weight is 440 g/mol. The summed E-state index contributed by atoms with van der Waals surface area (Å²) in [6, 6.07) is 14.1. The molecular weight excluding hydrogens is 430 g/mol. The number of non-ortho nitro benzene ring substituents is 1. The Labute approximate surface area is 155 Å². The summed E-state index contributed by atoms with van der Waals surface area (Å²) in [5.74, 6) is 0. The standard InChI is InChI=1S/C15H10BrN3O4S2/c16-14-13(10-5-2-1-3-6-10)17-15(24-14)18-25(22,23)12-8-4-7-11(9-12)19(20)21/h1-9H,(H,17,18). The molecule has 3 rings (SSSR count). The summed E-state index contributed by atoms with van der Waals surface area (Å²) < 4.78 is 27.9. The molecule has 0 radical (unpaired) electrons. The van der Waals surface area contributed by atoms with E-state index in [4.69, 9.17) is 0 Å². The van der Waals surface area contributed by atoms with Gasteiger partial charge in [-0.05, 0) is 22.0 Å². The van der Waals surface area contributed by atoms with Gasteiger partial charge in [-0.2, -0.15) is 0 Å². The van der Waals surface area contributed by atoms with Crippen LogP contribution >= 0.6 is 27.3 Å². The second kappa shape index (κ2) is 6.90. The molecule has 1 heterocycles. The van der Waals surface area contributed by atoms with Crippen LogP contribution < -0.4 is 4.72 Å². The van der Waals surface area contributed by atoms with Gasteiger partial charge in [0.25, 0.3) is 15.7 Å².